The number of rotatable bonds is 2. The topological polar surface area (TPSA) is 0 Å². The summed E-state index contributed by atoms with van der Waals surface area (Å²) in [6.45, 7) is 11.4. The molecule has 0 radical (unpaired) electrons. The Morgan fingerprint density at radius 3 is 2.00 bits per heavy atom. The summed E-state index contributed by atoms with van der Waals surface area (Å²) in [5.74, 6) is 1.39. The Balaban J connectivity index is 2.93. The molecule has 0 saturated heterocycles. The first-order valence-corrected chi connectivity index (χ1v) is 4.94. The average Bonchev–Trinajstić information content (AvgIpc) is 2.30. The van der Waals surface area contributed by atoms with Crippen molar-refractivity contribution in [3.63, 3.8) is 0 Å². The molecule has 0 amide bonds. The van der Waals surface area contributed by atoms with Crippen molar-refractivity contribution in [2.24, 2.45) is 11.8 Å². The van der Waals surface area contributed by atoms with Crippen molar-refractivity contribution in [3.8, 4) is 0 Å². The molecule has 1 aliphatic rings. The lowest BCUT2D eigenvalue weighted by atomic mass is 9.89. The first-order valence-electron chi connectivity index (χ1n) is 4.94. The Bertz CT molecular complexity index is 226. The summed E-state index contributed by atoms with van der Waals surface area (Å²) < 4.78 is 0. The van der Waals surface area contributed by atoms with Crippen LogP contribution in [0.4, 0.5) is 0 Å². The first-order chi connectivity index (χ1) is 5.54. The van der Waals surface area contributed by atoms with Crippen LogP contribution in [0.3, 0.4) is 0 Å². The van der Waals surface area contributed by atoms with E-state index in [2.05, 4.69) is 40.7 Å². The van der Waals surface area contributed by atoms with E-state index in [4.69, 9.17) is 0 Å². The fourth-order valence-corrected chi connectivity index (χ4v) is 2.10. The van der Waals surface area contributed by atoms with Gasteiger partial charge in [-0.3, -0.25) is 0 Å². The lowest BCUT2D eigenvalue weighted by Crippen LogP contribution is -2.02. The monoisotopic (exact) mass is 164 g/mol. The molecule has 0 atom stereocenters. The SMILES string of the molecule is CC1=C(C(C)C)C(C(C)C)=CC1. The zero-order chi connectivity index (χ0) is 9.30. The lowest BCUT2D eigenvalue weighted by Gasteiger charge is -2.16. The van der Waals surface area contributed by atoms with E-state index in [9.17, 15) is 0 Å². The molecule has 0 aromatic heterocycles. The Kier molecular flexibility index (Phi) is 2.76. The normalized spacial score (nSPS) is 18.1. The minimum Gasteiger partial charge on any atom is -0.0767 e. The molecule has 1 aliphatic carbocycles. The van der Waals surface area contributed by atoms with Crippen LogP contribution >= 0.6 is 0 Å². The highest BCUT2D eigenvalue weighted by atomic mass is 14.2. The van der Waals surface area contributed by atoms with Gasteiger partial charge in [0.15, 0.2) is 0 Å². The molecule has 12 heavy (non-hydrogen) atoms. The fourth-order valence-electron chi connectivity index (χ4n) is 2.10. The molecule has 0 N–H and O–H groups in total. The molecular formula is C12H20. The Morgan fingerprint density at radius 1 is 1.08 bits per heavy atom. The summed E-state index contributed by atoms with van der Waals surface area (Å²) in [4.78, 5) is 0. The van der Waals surface area contributed by atoms with Crippen molar-refractivity contribution in [2.45, 2.75) is 41.0 Å². The molecule has 0 bridgehead atoms. The maximum Gasteiger partial charge on any atom is -0.0130 e. The molecule has 0 spiro atoms. The van der Waals surface area contributed by atoms with Gasteiger partial charge in [0.25, 0.3) is 0 Å². The summed E-state index contributed by atoms with van der Waals surface area (Å²) in [5.41, 5.74) is 4.78. The van der Waals surface area contributed by atoms with Gasteiger partial charge < -0.3 is 0 Å². The molecule has 0 aliphatic heterocycles. The third-order valence-electron chi connectivity index (χ3n) is 2.60. The number of allylic oxidation sites excluding steroid dienone is 4. The summed E-state index contributed by atoms with van der Waals surface area (Å²) in [7, 11) is 0. The van der Waals surface area contributed by atoms with Crippen LogP contribution in [0.15, 0.2) is 22.8 Å². The van der Waals surface area contributed by atoms with Gasteiger partial charge in [-0.2, -0.15) is 0 Å². The molecule has 1 rings (SSSR count). The molecule has 0 unspecified atom stereocenters. The predicted octanol–water partition coefficient (Wildman–Crippen LogP) is 3.95. The summed E-state index contributed by atoms with van der Waals surface area (Å²) in [6, 6.07) is 0. The van der Waals surface area contributed by atoms with Gasteiger partial charge in [-0.15, -0.1) is 0 Å². The highest BCUT2D eigenvalue weighted by Crippen LogP contribution is 2.35. The molecular weight excluding hydrogens is 144 g/mol. The molecule has 0 aromatic carbocycles. The smallest absolute Gasteiger partial charge is 0.0130 e. The third-order valence-corrected chi connectivity index (χ3v) is 2.60. The second-order valence-corrected chi connectivity index (χ2v) is 4.37. The van der Waals surface area contributed by atoms with Crippen LogP contribution in [0.5, 0.6) is 0 Å². The van der Waals surface area contributed by atoms with E-state index in [1.807, 2.05) is 0 Å². The summed E-state index contributed by atoms with van der Waals surface area (Å²) >= 11 is 0. The highest BCUT2D eigenvalue weighted by Gasteiger charge is 2.19. The van der Waals surface area contributed by atoms with Gasteiger partial charge in [0, 0.05) is 0 Å². The van der Waals surface area contributed by atoms with Crippen molar-refractivity contribution in [1.82, 2.24) is 0 Å². The van der Waals surface area contributed by atoms with Crippen molar-refractivity contribution in [2.75, 3.05) is 0 Å². The number of hydrogen-bond acceptors (Lipinski definition) is 0. The summed E-state index contributed by atoms with van der Waals surface area (Å²) in [5, 5.41) is 0. The summed E-state index contributed by atoms with van der Waals surface area (Å²) in [6.07, 6.45) is 3.58. The maximum absolute atomic E-state index is 2.40. The van der Waals surface area contributed by atoms with E-state index in [0.717, 1.165) is 0 Å². The highest BCUT2D eigenvalue weighted by molar-refractivity contribution is 5.43. The second-order valence-electron chi connectivity index (χ2n) is 4.37. The van der Waals surface area contributed by atoms with Crippen LogP contribution in [0, 0.1) is 11.8 Å². The zero-order valence-corrected chi connectivity index (χ0v) is 8.94. The first kappa shape index (κ1) is 9.57. The standard InChI is InChI=1S/C12H20/c1-8(2)11-7-6-10(5)12(11)9(3)4/h7-9H,6H2,1-5H3. The van der Waals surface area contributed by atoms with Crippen LogP contribution in [0.25, 0.3) is 0 Å². The molecule has 0 fully saturated rings. The van der Waals surface area contributed by atoms with Crippen LogP contribution < -0.4 is 0 Å². The van der Waals surface area contributed by atoms with Crippen LogP contribution in [-0.4, -0.2) is 0 Å². The molecule has 68 valence electrons. The van der Waals surface area contributed by atoms with E-state index >= 15 is 0 Å². The van der Waals surface area contributed by atoms with Gasteiger partial charge in [0.05, 0.1) is 0 Å². The van der Waals surface area contributed by atoms with Gasteiger partial charge in [0.1, 0.15) is 0 Å². The Morgan fingerprint density at radius 2 is 1.67 bits per heavy atom. The number of hydrogen-bond donors (Lipinski definition) is 0. The van der Waals surface area contributed by atoms with Crippen molar-refractivity contribution >= 4 is 0 Å². The fraction of sp³-hybridized carbons (Fsp3) is 0.667. The van der Waals surface area contributed by atoms with E-state index in [1.165, 1.54) is 6.42 Å². The maximum atomic E-state index is 2.40. The minimum absolute atomic E-state index is 0.694. The van der Waals surface area contributed by atoms with Crippen LogP contribution in [0.2, 0.25) is 0 Å². The van der Waals surface area contributed by atoms with E-state index in [-0.39, 0.29) is 0 Å². The van der Waals surface area contributed by atoms with Crippen LogP contribution in [-0.2, 0) is 0 Å². The van der Waals surface area contributed by atoms with Crippen molar-refractivity contribution in [3.05, 3.63) is 22.8 Å². The van der Waals surface area contributed by atoms with Gasteiger partial charge in [-0.05, 0) is 36.3 Å². The molecule has 0 saturated carbocycles. The Labute approximate surface area is 76.4 Å². The molecule has 0 heteroatoms. The quantitative estimate of drug-likeness (QED) is 0.580. The van der Waals surface area contributed by atoms with Crippen molar-refractivity contribution in [1.29, 1.82) is 0 Å². The minimum atomic E-state index is 0.694. The third kappa shape index (κ3) is 1.63. The molecule has 0 heterocycles. The average molecular weight is 164 g/mol. The largest absolute Gasteiger partial charge is 0.0767 e. The predicted molar refractivity (Wildman–Crippen MR) is 55.1 cm³/mol. The van der Waals surface area contributed by atoms with E-state index in [1.54, 1.807) is 16.7 Å². The van der Waals surface area contributed by atoms with Crippen LogP contribution in [0.1, 0.15) is 41.0 Å². The zero-order valence-electron chi connectivity index (χ0n) is 8.94. The van der Waals surface area contributed by atoms with Crippen molar-refractivity contribution < 1.29 is 0 Å². The van der Waals surface area contributed by atoms with Gasteiger partial charge in [-0.1, -0.05) is 39.3 Å². The second kappa shape index (κ2) is 3.47. The van der Waals surface area contributed by atoms with E-state index < -0.39 is 0 Å². The van der Waals surface area contributed by atoms with E-state index in [0.29, 0.717) is 11.8 Å². The van der Waals surface area contributed by atoms with Gasteiger partial charge >= 0.3 is 0 Å². The molecule has 0 nitrogen and oxygen atoms in total. The van der Waals surface area contributed by atoms with Gasteiger partial charge in [0.2, 0.25) is 0 Å². The lowest BCUT2D eigenvalue weighted by molar-refractivity contribution is 0.702. The Hall–Kier alpha value is -0.520. The van der Waals surface area contributed by atoms with Gasteiger partial charge in [-0.25, -0.2) is 0 Å². The molecule has 0 aromatic rings.